The van der Waals surface area contributed by atoms with Crippen molar-refractivity contribution in [1.82, 2.24) is 4.90 Å². The van der Waals surface area contributed by atoms with Crippen molar-refractivity contribution >= 4 is 6.02 Å². The van der Waals surface area contributed by atoms with E-state index in [0.29, 0.717) is 6.02 Å². The first-order valence-corrected chi connectivity index (χ1v) is 3.10. The summed E-state index contributed by atoms with van der Waals surface area (Å²) in [4.78, 5) is 5.91. The van der Waals surface area contributed by atoms with Crippen LogP contribution in [0.3, 0.4) is 0 Å². The molecule has 0 unspecified atom stereocenters. The number of hydrogen-bond donors (Lipinski definition) is 0. The molecule has 1 rings (SSSR count). The van der Waals surface area contributed by atoms with E-state index in [9.17, 15) is 0 Å². The summed E-state index contributed by atoms with van der Waals surface area (Å²) >= 11 is 0. The van der Waals surface area contributed by atoms with Crippen molar-refractivity contribution in [3.05, 3.63) is 18.9 Å². The van der Waals surface area contributed by atoms with Gasteiger partial charge in [0.25, 0.3) is 6.02 Å². The van der Waals surface area contributed by atoms with E-state index in [4.69, 9.17) is 4.74 Å². The molecule has 0 aromatic rings. The first kappa shape index (κ1) is 7.12. The summed E-state index contributed by atoms with van der Waals surface area (Å²) in [6.45, 7) is 2.90. The lowest BCUT2D eigenvalue weighted by atomic mass is 10.3. The van der Waals surface area contributed by atoms with Crippen molar-refractivity contribution in [3.8, 4) is 0 Å². The van der Waals surface area contributed by atoms with Gasteiger partial charge >= 0.3 is 0 Å². The summed E-state index contributed by atoms with van der Waals surface area (Å²) in [7, 11) is 5.20. The minimum atomic E-state index is 0.575. The molecule has 0 atom stereocenters. The second kappa shape index (κ2) is 2.73. The molecule has 0 N–H and O–H groups in total. The smallest absolute Gasteiger partial charge is 0.292 e. The normalized spacial score (nSPS) is 18.1. The van der Waals surface area contributed by atoms with Crippen LogP contribution in [0.25, 0.3) is 0 Å². The Balaban J connectivity index is 2.71. The number of ether oxygens (including phenoxy) is 1. The largest absolute Gasteiger partial charge is 0.461 e. The summed E-state index contributed by atoms with van der Waals surface area (Å²) < 4.78 is 4.73. The van der Waals surface area contributed by atoms with Gasteiger partial charge in [-0.3, -0.25) is 0 Å². The van der Waals surface area contributed by atoms with Crippen LogP contribution in [0.15, 0.2) is 16.8 Å². The van der Waals surface area contributed by atoms with Crippen LogP contribution in [0.2, 0.25) is 0 Å². The Labute approximate surface area is 61.0 Å². The first-order valence-electron chi connectivity index (χ1n) is 3.10. The molecule has 1 aliphatic rings. The Morgan fingerprint density at radius 3 is 3.00 bits per heavy atom. The van der Waals surface area contributed by atoms with Crippen molar-refractivity contribution in [2.45, 2.75) is 6.92 Å². The zero-order valence-electron chi connectivity index (χ0n) is 6.29. The summed E-state index contributed by atoms with van der Waals surface area (Å²) in [6, 6.07) is 0.575. The van der Waals surface area contributed by atoms with E-state index < -0.39 is 0 Å². The Bertz CT molecular complexity index is 184. The quantitative estimate of drug-likeness (QED) is 0.500. The van der Waals surface area contributed by atoms with Crippen LogP contribution in [-0.2, 0) is 4.74 Å². The fourth-order valence-electron chi connectivity index (χ4n) is 0.894. The summed E-state index contributed by atoms with van der Waals surface area (Å²) in [5, 5.41) is 0. The predicted molar refractivity (Wildman–Crippen MR) is 40.3 cm³/mol. The van der Waals surface area contributed by atoms with Gasteiger partial charge in [-0.1, -0.05) is 0 Å². The molecule has 0 bridgehead atoms. The Hall–Kier alpha value is -0.990. The van der Waals surface area contributed by atoms with E-state index in [1.165, 1.54) is 5.57 Å². The monoisotopic (exact) mass is 139 g/mol. The highest BCUT2D eigenvalue weighted by Gasteiger charge is 2.09. The third kappa shape index (κ3) is 1.29. The number of rotatable bonds is 0. The molecule has 0 saturated heterocycles. The van der Waals surface area contributed by atoms with Crippen LogP contribution in [0.4, 0.5) is 0 Å². The highest BCUT2D eigenvalue weighted by atomic mass is 16.5. The first-order chi connectivity index (χ1) is 4.74. The molecule has 0 aromatic carbocycles. The number of nitrogens with zero attached hydrogens (tertiary/aromatic N) is 2. The molecule has 0 spiro atoms. The summed E-state index contributed by atoms with van der Waals surface area (Å²) in [5.41, 5.74) is 1.23. The Morgan fingerprint density at radius 1 is 1.80 bits per heavy atom. The van der Waals surface area contributed by atoms with Gasteiger partial charge in [0.15, 0.2) is 0 Å². The van der Waals surface area contributed by atoms with Gasteiger partial charge in [-0.25, -0.2) is 4.99 Å². The number of aliphatic imine (C=N–C) groups is 1. The molecule has 3 heteroatoms. The second-order valence-corrected chi connectivity index (χ2v) is 2.39. The van der Waals surface area contributed by atoms with Crippen LogP contribution in [-0.4, -0.2) is 24.5 Å². The van der Waals surface area contributed by atoms with Gasteiger partial charge in [0, 0.05) is 19.8 Å². The molecule has 3 nitrogen and oxygen atoms in total. The lowest BCUT2D eigenvalue weighted by Crippen LogP contribution is -2.31. The molecule has 1 radical (unpaired) electrons. The van der Waals surface area contributed by atoms with E-state index in [-0.39, 0.29) is 0 Å². The van der Waals surface area contributed by atoms with Crippen LogP contribution in [0.5, 0.6) is 0 Å². The van der Waals surface area contributed by atoms with Gasteiger partial charge < -0.3 is 9.64 Å². The molecule has 0 aromatic heterocycles. The molecular weight excluding hydrogens is 128 g/mol. The van der Waals surface area contributed by atoms with Gasteiger partial charge in [-0.2, -0.15) is 0 Å². The van der Waals surface area contributed by atoms with E-state index in [1.54, 1.807) is 6.20 Å². The van der Waals surface area contributed by atoms with E-state index in [2.05, 4.69) is 12.1 Å². The zero-order valence-corrected chi connectivity index (χ0v) is 6.29. The van der Waals surface area contributed by atoms with Gasteiger partial charge in [-0.05, 0) is 12.5 Å². The van der Waals surface area contributed by atoms with Crippen molar-refractivity contribution < 1.29 is 4.74 Å². The van der Waals surface area contributed by atoms with Gasteiger partial charge in [0.1, 0.15) is 7.11 Å². The maximum atomic E-state index is 4.73. The Kier molecular flexibility index (Phi) is 1.94. The van der Waals surface area contributed by atoms with E-state index in [1.807, 2.05) is 18.9 Å². The highest BCUT2D eigenvalue weighted by Crippen LogP contribution is 2.04. The topological polar surface area (TPSA) is 24.8 Å². The summed E-state index contributed by atoms with van der Waals surface area (Å²) in [6.07, 6.45) is 1.79. The third-order valence-corrected chi connectivity index (χ3v) is 1.34. The third-order valence-electron chi connectivity index (χ3n) is 1.34. The van der Waals surface area contributed by atoms with Crippen molar-refractivity contribution in [2.75, 3.05) is 13.6 Å². The van der Waals surface area contributed by atoms with E-state index in [0.717, 1.165) is 6.54 Å². The maximum absolute atomic E-state index is 4.73. The second-order valence-electron chi connectivity index (χ2n) is 2.39. The predicted octanol–water partition coefficient (Wildman–Crippen LogP) is 1.000. The van der Waals surface area contributed by atoms with Crippen LogP contribution < -0.4 is 0 Å². The van der Waals surface area contributed by atoms with Gasteiger partial charge in [0.2, 0.25) is 0 Å². The minimum Gasteiger partial charge on any atom is -0.461 e. The maximum Gasteiger partial charge on any atom is 0.292 e. The van der Waals surface area contributed by atoms with Crippen molar-refractivity contribution in [3.63, 3.8) is 0 Å². The lowest BCUT2D eigenvalue weighted by molar-refractivity contribution is 0.350. The lowest BCUT2D eigenvalue weighted by Gasteiger charge is -2.21. The fraction of sp³-hybridized carbons (Fsp3) is 0.429. The molecule has 0 fully saturated rings. The van der Waals surface area contributed by atoms with Crippen LogP contribution in [0.1, 0.15) is 6.92 Å². The number of hydrogen-bond acceptors (Lipinski definition) is 3. The van der Waals surface area contributed by atoms with Crippen molar-refractivity contribution in [2.24, 2.45) is 4.99 Å². The van der Waals surface area contributed by atoms with E-state index >= 15 is 0 Å². The Morgan fingerprint density at radius 2 is 2.50 bits per heavy atom. The fourth-order valence-corrected chi connectivity index (χ4v) is 0.894. The van der Waals surface area contributed by atoms with Gasteiger partial charge in [-0.15, -0.1) is 0 Å². The molecule has 10 heavy (non-hydrogen) atoms. The summed E-state index contributed by atoms with van der Waals surface area (Å²) in [5.74, 6) is 0. The molecule has 1 aliphatic heterocycles. The standard InChI is InChI=1S/C7H11N2O/c1-6-4-8-7(10-3)9(2)5-6/h4H,3,5H2,1-2H3. The van der Waals surface area contributed by atoms with Crippen molar-refractivity contribution in [1.29, 1.82) is 0 Å². The molecular formula is C7H11N2O. The average Bonchev–Trinajstić information content (AvgIpc) is 1.88. The van der Waals surface area contributed by atoms with Crippen LogP contribution in [0, 0.1) is 7.11 Å². The molecule has 55 valence electrons. The molecule has 0 aliphatic carbocycles. The number of amidine groups is 1. The van der Waals surface area contributed by atoms with Crippen LogP contribution >= 0.6 is 0 Å². The SMILES string of the molecule is [CH2]OC1=NC=C(C)CN1C. The minimum absolute atomic E-state index is 0.575. The number of likely N-dealkylation sites (N-methyl/N-ethyl adjacent to an activating group) is 1. The van der Waals surface area contributed by atoms with Gasteiger partial charge in [0.05, 0.1) is 0 Å². The molecule has 0 amide bonds. The average molecular weight is 139 g/mol. The molecule has 0 saturated carbocycles. The highest BCUT2D eigenvalue weighted by molar-refractivity contribution is 5.75. The molecule has 1 heterocycles. The zero-order chi connectivity index (χ0) is 7.56.